The van der Waals surface area contributed by atoms with Crippen molar-refractivity contribution in [2.24, 2.45) is 11.8 Å². The van der Waals surface area contributed by atoms with Gasteiger partial charge in [0.1, 0.15) is 0 Å². The number of aromatic nitrogens is 2. The number of methoxy groups -OCH3 is 1. The maximum absolute atomic E-state index is 14.7. The van der Waals surface area contributed by atoms with Crippen LogP contribution in [0.15, 0.2) is 36.4 Å². The molecule has 2 aliphatic heterocycles. The van der Waals surface area contributed by atoms with E-state index in [2.05, 4.69) is 21.2 Å². The number of Topliss-reactive ketones (excluding diaryl/α,β-unsaturated/α-hetero) is 1. The third kappa shape index (κ3) is 11.7. The van der Waals surface area contributed by atoms with Crippen LogP contribution in [0.3, 0.4) is 0 Å². The Hall–Kier alpha value is -4.66. The van der Waals surface area contributed by atoms with Crippen molar-refractivity contribution in [3.8, 4) is 17.0 Å². The minimum absolute atomic E-state index is 0.0723. The number of nitrogens with one attached hydrogen (secondary N) is 2. The predicted molar refractivity (Wildman–Crippen MR) is 198 cm³/mol. The molecular formula is C37H49N6O11P. The molecule has 0 saturated carbocycles. The summed E-state index contributed by atoms with van der Waals surface area (Å²) < 4.78 is 40.0. The van der Waals surface area contributed by atoms with E-state index in [1.807, 2.05) is 17.9 Å². The van der Waals surface area contributed by atoms with Gasteiger partial charge in [-0.25, -0.2) is 0 Å². The summed E-state index contributed by atoms with van der Waals surface area (Å²) in [6.45, 7) is 7.09. The second-order valence-electron chi connectivity index (χ2n) is 13.6. The Balaban J connectivity index is 1.80. The van der Waals surface area contributed by atoms with Crippen molar-refractivity contribution in [3.63, 3.8) is 0 Å². The average Bonchev–Trinajstić information content (AvgIpc) is 3.67. The molecule has 17 nitrogen and oxygen atoms in total. The van der Waals surface area contributed by atoms with Crippen LogP contribution in [0, 0.1) is 17.5 Å². The van der Waals surface area contributed by atoms with E-state index in [0.717, 1.165) is 6.42 Å². The fourth-order valence-corrected chi connectivity index (χ4v) is 5.86. The van der Waals surface area contributed by atoms with Gasteiger partial charge in [-0.2, -0.15) is 0 Å². The Kier molecular flexibility index (Phi) is 15.9. The van der Waals surface area contributed by atoms with Gasteiger partial charge in [0.15, 0.2) is 0 Å². The van der Waals surface area contributed by atoms with Gasteiger partial charge in [-0.3, -0.25) is 0 Å². The van der Waals surface area contributed by atoms with Crippen molar-refractivity contribution in [2.45, 2.75) is 78.2 Å². The van der Waals surface area contributed by atoms with Gasteiger partial charge in [-0.1, -0.05) is 0 Å². The van der Waals surface area contributed by atoms with Gasteiger partial charge in [0.2, 0.25) is 0 Å². The van der Waals surface area contributed by atoms with Crippen LogP contribution in [0.1, 0.15) is 64.4 Å². The van der Waals surface area contributed by atoms with E-state index in [-0.39, 0.29) is 43.9 Å². The summed E-state index contributed by atoms with van der Waals surface area (Å²) in [4.78, 5) is 80.1. The van der Waals surface area contributed by atoms with Gasteiger partial charge in [0.05, 0.1) is 0 Å². The van der Waals surface area contributed by atoms with E-state index in [0.29, 0.717) is 37.3 Å². The second kappa shape index (κ2) is 20.3. The molecule has 3 heterocycles. The summed E-state index contributed by atoms with van der Waals surface area (Å²) in [5.41, 5.74) is -0.132. The first-order valence-corrected chi connectivity index (χ1v) is 19.0. The van der Waals surface area contributed by atoms with E-state index >= 15 is 0 Å². The normalized spacial score (nSPS) is 18.1. The molecule has 2 aromatic rings. The van der Waals surface area contributed by atoms with Crippen molar-refractivity contribution in [2.75, 3.05) is 51.3 Å². The predicted octanol–water partition coefficient (Wildman–Crippen LogP) is 3.52. The van der Waals surface area contributed by atoms with Crippen molar-refractivity contribution < 1.29 is 52.2 Å². The molecule has 1 aromatic carbocycles. The van der Waals surface area contributed by atoms with E-state index in [1.165, 1.54) is 38.7 Å². The van der Waals surface area contributed by atoms with Crippen LogP contribution in [-0.4, -0.2) is 115 Å². The molecule has 4 rings (SSSR count). The first kappa shape index (κ1) is 43.1. The molecule has 55 heavy (non-hydrogen) atoms. The number of esters is 2. The third-order valence-corrected chi connectivity index (χ3v) is 9.14. The SMILES string of the molecule is CCCCOC(=O)N1CCN[C@@H](C(=O)C(C#P=O)(NC(=O)c2cc(N3CC[C@H](OC)C3)nc(-c3ccccc3)n2)OC(OC(=O)C(C)C)OC(=O)C(C)C)C1. The molecular weight excluding hydrogens is 735 g/mol. The standard InChI is InChI=1S/C37H49N6O11P/c1-7-8-18-51-35(48)43-17-15-38-28(21-43)30(44)37(22-55-49,54-36(52-33(46)23(2)3)53-34(47)24(4)5)41-32(45)27-19-29(42-16-14-26(20-42)50-6)40-31(39-27)25-12-10-9-11-13-25/h9-13,19,23-24,26,28,36,38H,7-8,14-18,20-21H2,1-6H3,(H,41,45)/t26-,28+,37?/m0/s1. The Labute approximate surface area is 321 Å². The van der Waals surface area contributed by atoms with Crippen molar-refractivity contribution >= 4 is 43.5 Å². The number of anilines is 1. The van der Waals surface area contributed by atoms with E-state index in [1.54, 1.807) is 31.4 Å². The van der Waals surface area contributed by atoms with Gasteiger partial charge in [0.25, 0.3) is 0 Å². The topological polar surface area (TPSA) is 205 Å². The number of carbonyl (C=O) groups excluding carboxylic acids is 5. The quantitative estimate of drug-likeness (QED) is 0.108. The summed E-state index contributed by atoms with van der Waals surface area (Å²) in [5.74, 6) is -4.66. The molecule has 0 bridgehead atoms. The van der Waals surface area contributed by atoms with Gasteiger partial charge in [0, 0.05) is 0 Å². The Morgan fingerprint density at radius 1 is 1.02 bits per heavy atom. The summed E-state index contributed by atoms with van der Waals surface area (Å²) in [5, 5.41) is 5.45. The number of hydrogen-bond acceptors (Lipinski definition) is 15. The fraction of sp³-hybridized carbons (Fsp3) is 0.568. The van der Waals surface area contributed by atoms with E-state index in [4.69, 9.17) is 28.7 Å². The summed E-state index contributed by atoms with van der Waals surface area (Å²) in [6, 6.07) is 9.06. The molecule has 2 fully saturated rings. The van der Waals surface area contributed by atoms with Crippen molar-refractivity contribution in [1.29, 1.82) is 0 Å². The first-order chi connectivity index (χ1) is 26.3. The molecule has 2 N–H and O–H groups in total. The average molecular weight is 785 g/mol. The molecule has 3 atom stereocenters. The van der Waals surface area contributed by atoms with Crippen LogP contribution in [0.2, 0.25) is 0 Å². The molecule has 2 saturated heterocycles. The Morgan fingerprint density at radius 3 is 2.31 bits per heavy atom. The molecule has 0 radical (unpaired) electrons. The van der Waals surface area contributed by atoms with Gasteiger partial charge in [-0.15, -0.1) is 0 Å². The third-order valence-electron chi connectivity index (χ3n) is 8.73. The molecule has 18 heteroatoms. The Morgan fingerprint density at radius 2 is 1.71 bits per heavy atom. The molecule has 2 aliphatic rings. The molecule has 1 unspecified atom stereocenters. The number of benzene rings is 1. The van der Waals surface area contributed by atoms with Gasteiger partial charge < -0.3 is 0 Å². The number of carbonyl (C=O) groups is 5. The van der Waals surface area contributed by atoms with Crippen LogP contribution in [0.4, 0.5) is 10.6 Å². The molecule has 0 aliphatic carbocycles. The van der Waals surface area contributed by atoms with E-state index in [9.17, 15) is 28.5 Å². The summed E-state index contributed by atoms with van der Waals surface area (Å²) in [6.07, 6.45) is 1.42. The van der Waals surface area contributed by atoms with Crippen LogP contribution in [0.25, 0.3) is 11.4 Å². The molecule has 1 aromatic heterocycles. The summed E-state index contributed by atoms with van der Waals surface area (Å²) >= 11 is 0. The van der Waals surface area contributed by atoms with Crippen LogP contribution < -0.4 is 15.5 Å². The van der Waals surface area contributed by atoms with Gasteiger partial charge >= 0.3 is 322 Å². The Bertz CT molecular complexity index is 1770. The second-order valence-corrected chi connectivity index (χ2v) is 14.0. The molecule has 2 amide bonds. The number of ether oxygens (including phenoxy) is 5. The van der Waals surface area contributed by atoms with Crippen molar-refractivity contribution in [3.05, 3.63) is 42.1 Å². The number of rotatable bonds is 16. The van der Waals surface area contributed by atoms with Crippen LogP contribution in [0.5, 0.6) is 0 Å². The molecule has 298 valence electrons. The van der Waals surface area contributed by atoms with Crippen molar-refractivity contribution in [1.82, 2.24) is 25.5 Å². The first-order valence-electron chi connectivity index (χ1n) is 18.2. The van der Waals surface area contributed by atoms with E-state index < -0.39 is 67.7 Å². The maximum atomic E-state index is 14.7. The minimum atomic E-state index is -2.83. The summed E-state index contributed by atoms with van der Waals surface area (Å²) in [7, 11) is 0.681. The van der Waals surface area contributed by atoms with Gasteiger partial charge in [-0.05, 0) is 0 Å². The number of hydrogen-bond donors (Lipinski definition) is 2. The number of nitrogens with zero attached hydrogens (tertiary/aromatic N) is 4. The number of piperazine rings is 1. The fourth-order valence-electron chi connectivity index (χ4n) is 5.51. The zero-order chi connectivity index (χ0) is 40.1. The number of unbranched alkanes of at least 4 members (excludes halogenated alkanes) is 1. The monoisotopic (exact) mass is 784 g/mol. The van der Waals surface area contributed by atoms with Crippen LogP contribution in [-0.2, 0) is 42.6 Å². The number of ketones is 1. The van der Waals surface area contributed by atoms with Crippen LogP contribution >= 0.6 is 7.92 Å². The number of amides is 2. The zero-order valence-electron chi connectivity index (χ0n) is 31.9. The molecule has 0 spiro atoms. The zero-order valence-corrected chi connectivity index (χ0v) is 32.8.